The molecule has 4 N–H and O–H groups in total. The van der Waals surface area contributed by atoms with Gasteiger partial charge < -0.3 is 54.1 Å². The minimum absolute atomic E-state index is 0.0889. The second-order valence-corrected chi connectivity index (χ2v) is 22.5. The Labute approximate surface area is 437 Å². The number of nitrogens with zero attached hydrogens (tertiary/aromatic N) is 5. The number of imidazole rings is 2. The lowest BCUT2D eigenvalue weighted by Crippen LogP contribution is -2.52. The molecule has 0 saturated carbocycles. The Kier molecular flexibility index (Phi) is 14.6. The number of hydrogen-bond acceptors (Lipinski definition) is 12. The van der Waals surface area contributed by atoms with Crippen LogP contribution in [0.1, 0.15) is 123 Å². The normalized spacial score (nSPS) is 19.0. The number of carbonyl (C=O) groups excluding carboxylic acids is 5. The predicted octanol–water partition coefficient (Wildman–Crippen LogP) is 9.42. The lowest BCUT2D eigenvalue weighted by Gasteiger charge is -2.31. The van der Waals surface area contributed by atoms with Gasteiger partial charge in [0.05, 0.1) is 36.2 Å². The lowest BCUT2D eigenvalue weighted by molar-refractivity contribution is -0.136. The topological polar surface area (TPSA) is 223 Å². The van der Waals surface area contributed by atoms with Crippen LogP contribution >= 0.6 is 0 Å². The van der Waals surface area contributed by atoms with Gasteiger partial charge in [-0.05, 0) is 106 Å². The Hall–Kier alpha value is -7.57. The molecule has 19 heteroatoms. The van der Waals surface area contributed by atoms with Crippen LogP contribution in [0.2, 0.25) is 0 Å². The summed E-state index contributed by atoms with van der Waals surface area (Å²) in [6.45, 7) is 19.7. The van der Waals surface area contributed by atoms with Gasteiger partial charge in [0.15, 0.2) is 11.5 Å². The van der Waals surface area contributed by atoms with E-state index in [9.17, 15) is 24.0 Å². The van der Waals surface area contributed by atoms with Crippen LogP contribution in [0, 0.1) is 11.8 Å². The molecule has 1 unspecified atom stereocenters. The van der Waals surface area contributed by atoms with E-state index in [-0.39, 0.29) is 49.5 Å². The van der Waals surface area contributed by atoms with E-state index in [0.29, 0.717) is 42.8 Å². The van der Waals surface area contributed by atoms with Crippen LogP contribution < -0.4 is 20.1 Å². The van der Waals surface area contributed by atoms with Crippen LogP contribution in [0.15, 0.2) is 73.1 Å². The second kappa shape index (κ2) is 21.0. The third-order valence-electron chi connectivity index (χ3n) is 13.8. The Morgan fingerprint density at radius 1 is 0.707 bits per heavy atom. The maximum absolute atomic E-state index is 14.5. The van der Waals surface area contributed by atoms with Crippen LogP contribution in [-0.4, -0.2) is 114 Å². The predicted molar refractivity (Wildman–Crippen MR) is 278 cm³/mol. The van der Waals surface area contributed by atoms with Crippen molar-refractivity contribution in [1.82, 2.24) is 45.3 Å². The van der Waals surface area contributed by atoms with Crippen LogP contribution in [-0.2, 0) is 36.9 Å². The molecule has 0 aliphatic carbocycles. The van der Waals surface area contributed by atoms with Crippen molar-refractivity contribution in [1.29, 1.82) is 0 Å². The van der Waals surface area contributed by atoms with Gasteiger partial charge >= 0.3 is 18.3 Å². The van der Waals surface area contributed by atoms with Crippen LogP contribution in [0.4, 0.5) is 14.4 Å². The molecular weight excluding hydrogens is 959 g/mol. The number of amides is 5. The summed E-state index contributed by atoms with van der Waals surface area (Å²) in [5.41, 5.74) is 5.73. The Bertz CT molecular complexity index is 2880. The Balaban J connectivity index is 0.871. The van der Waals surface area contributed by atoms with Crippen molar-refractivity contribution in [3.05, 3.63) is 95.8 Å². The summed E-state index contributed by atoms with van der Waals surface area (Å²) < 4.78 is 28.2. The van der Waals surface area contributed by atoms with Gasteiger partial charge in [-0.15, -0.1) is 0 Å². The van der Waals surface area contributed by atoms with Gasteiger partial charge in [0.1, 0.15) is 41.0 Å². The molecule has 75 heavy (non-hydrogen) atoms. The van der Waals surface area contributed by atoms with E-state index >= 15 is 0 Å². The number of ether oxygens (including phenoxy) is 5. The van der Waals surface area contributed by atoms with Crippen LogP contribution in [0.3, 0.4) is 0 Å². The van der Waals surface area contributed by atoms with Gasteiger partial charge in [0, 0.05) is 37.8 Å². The van der Waals surface area contributed by atoms with Crippen LogP contribution in [0.25, 0.3) is 33.6 Å². The highest BCUT2D eigenvalue weighted by Crippen LogP contribution is 2.40. The first kappa shape index (κ1) is 52.3. The number of carbonyl (C=O) groups is 5. The summed E-state index contributed by atoms with van der Waals surface area (Å²) in [7, 11) is 0. The standard InChI is InChI=1S/C56H69N9O10/c1-31(2)46(61-52(68)74-55(5,6)7)50(66)64-21-11-12-42(64)48-57-25-40(59-48)35-17-13-33(14-18-35)34-15-19-36(20-16-34)41-26-58-49(60-41)43-24-39(29-65(43)51(67)47(32(3)4)62-53(69)75-56(8,9)10)73-54(70)63-27-37-22-44-45(72-30-71-44)23-38(37)28-63/h13-20,22-23,25-26,31-32,39,42-43,46-47H,11-12,21,24,27-30H2,1-10H3,(H,57,59)(H,58,60)(H,61,68)(H,62,69)/t39-,42+,43+,46?,47+/m1/s1. The highest BCUT2D eigenvalue weighted by Gasteiger charge is 2.44. The van der Waals surface area contributed by atoms with Crippen molar-refractivity contribution in [2.24, 2.45) is 11.8 Å². The molecule has 2 saturated heterocycles. The number of alkyl carbamates (subject to hydrolysis) is 2. The van der Waals surface area contributed by atoms with Crippen molar-refractivity contribution >= 4 is 30.1 Å². The molecule has 5 amide bonds. The van der Waals surface area contributed by atoms with Crippen molar-refractivity contribution in [2.45, 2.75) is 143 Å². The van der Waals surface area contributed by atoms with Crippen molar-refractivity contribution in [2.75, 3.05) is 19.9 Å². The van der Waals surface area contributed by atoms with Gasteiger partial charge in [0.2, 0.25) is 18.6 Å². The SMILES string of the molecule is CC(C)C(NC(=O)OC(C)(C)C)C(=O)N1CCC[C@H]1c1nc(-c2ccc(-c3ccc(-c4cnc([C@@H]5C[C@@H](OC(=O)N6Cc7cc8c(cc7C6)OCO8)CN5C(=O)[C@@H](NC(=O)OC(C)(C)C)C(C)C)[nH]4)cc3)cc2)c[nH]1. The zero-order valence-electron chi connectivity index (χ0n) is 44.4. The summed E-state index contributed by atoms with van der Waals surface area (Å²) >= 11 is 0. The molecule has 3 aromatic carbocycles. The average Bonchev–Trinajstić information content (AvgIpc) is 4.21. The molecule has 398 valence electrons. The van der Waals surface area contributed by atoms with Gasteiger partial charge in [-0.3, -0.25) is 14.5 Å². The maximum atomic E-state index is 14.5. The first-order chi connectivity index (χ1) is 35.6. The Morgan fingerprint density at radius 3 is 1.79 bits per heavy atom. The molecule has 4 aliphatic heterocycles. The average molecular weight is 1030 g/mol. The van der Waals surface area contributed by atoms with E-state index in [4.69, 9.17) is 33.7 Å². The van der Waals surface area contributed by atoms with Gasteiger partial charge in [-0.25, -0.2) is 24.4 Å². The molecule has 5 aromatic rings. The van der Waals surface area contributed by atoms with E-state index in [1.165, 1.54) is 0 Å². The molecule has 4 aliphatic rings. The highest BCUT2D eigenvalue weighted by molar-refractivity contribution is 5.87. The number of aromatic nitrogens is 4. The molecule has 19 nitrogen and oxygen atoms in total. The molecule has 5 atom stereocenters. The van der Waals surface area contributed by atoms with Crippen molar-refractivity contribution in [3.8, 4) is 45.1 Å². The monoisotopic (exact) mass is 1030 g/mol. The molecule has 0 bridgehead atoms. The number of hydrogen-bond donors (Lipinski definition) is 4. The first-order valence-electron chi connectivity index (χ1n) is 25.9. The minimum Gasteiger partial charge on any atom is -0.454 e. The van der Waals surface area contributed by atoms with Gasteiger partial charge in [-0.1, -0.05) is 76.2 Å². The summed E-state index contributed by atoms with van der Waals surface area (Å²) in [5, 5.41) is 5.60. The van der Waals surface area contributed by atoms with Gasteiger partial charge in [0.25, 0.3) is 0 Å². The maximum Gasteiger partial charge on any atom is 0.410 e. The summed E-state index contributed by atoms with van der Waals surface area (Å²) in [6, 6.07) is 17.5. The fraction of sp³-hybridized carbons (Fsp3) is 0.482. The molecule has 2 fully saturated rings. The second-order valence-electron chi connectivity index (χ2n) is 22.5. The fourth-order valence-electron chi connectivity index (χ4n) is 10.1. The summed E-state index contributed by atoms with van der Waals surface area (Å²) in [4.78, 5) is 89.4. The first-order valence-corrected chi connectivity index (χ1v) is 25.9. The van der Waals surface area contributed by atoms with E-state index in [2.05, 4.69) is 20.6 Å². The fourth-order valence-corrected chi connectivity index (χ4v) is 10.1. The number of nitrogens with one attached hydrogen (secondary N) is 4. The molecule has 0 spiro atoms. The quantitative estimate of drug-likeness (QED) is 0.0859. The zero-order valence-corrected chi connectivity index (χ0v) is 44.4. The molecule has 9 rings (SSSR count). The molecule has 6 heterocycles. The van der Waals surface area contributed by atoms with Crippen molar-refractivity contribution < 1.29 is 47.7 Å². The van der Waals surface area contributed by atoms with Crippen molar-refractivity contribution in [3.63, 3.8) is 0 Å². The number of aromatic amines is 2. The van der Waals surface area contributed by atoms with Gasteiger partial charge in [-0.2, -0.15) is 0 Å². The number of H-pyrrole nitrogens is 2. The van der Waals surface area contributed by atoms with E-state index in [1.807, 2.05) is 99.5 Å². The third-order valence-corrected chi connectivity index (χ3v) is 13.8. The lowest BCUT2D eigenvalue weighted by atomic mass is 10.0. The highest BCUT2D eigenvalue weighted by atomic mass is 16.7. The minimum atomic E-state index is -0.927. The van der Waals surface area contributed by atoms with Crippen LogP contribution in [0.5, 0.6) is 11.5 Å². The molecular formula is C56H69N9O10. The van der Waals surface area contributed by atoms with E-state index in [1.54, 1.807) is 57.5 Å². The Morgan fingerprint density at radius 2 is 1.24 bits per heavy atom. The molecule has 0 radical (unpaired) electrons. The zero-order chi connectivity index (χ0) is 53.5. The number of fused-ring (bicyclic) bond motifs is 2. The number of benzene rings is 3. The number of likely N-dealkylation sites (tertiary alicyclic amines) is 2. The summed E-state index contributed by atoms with van der Waals surface area (Å²) in [5.74, 6) is 1.56. The smallest absolute Gasteiger partial charge is 0.410 e. The summed E-state index contributed by atoms with van der Waals surface area (Å²) in [6.07, 6.45) is 2.95. The van der Waals surface area contributed by atoms with E-state index < -0.39 is 53.7 Å². The largest absolute Gasteiger partial charge is 0.454 e. The molecule has 2 aromatic heterocycles. The number of rotatable bonds is 12. The van der Waals surface area contributed by atoms with E-state index in [0.717, 1.165) is 57.6 Å². The third kappa shape index (κ3) is 11.9.